The highest BCUT2D eigenvalue weighted by Crippen LogP contribution is 2.17. The van der Waals surface area contributed by atoms with Gasteiger partial charge in [-0.3, -0.25) is 4.79 Å². The Bertz CT molecular complexity index is 871. The van der Waals surface area contributed by atoms with E-state index in [4.69, 9.17) is 4.74 Å². The van der Waals surface area contributed by atoms with Crippen molar-refractivity contribution in [1.29, 1.82) is 0 Å². The van der Waals surface area contributed by atoms with E-state index in [1.807, 2.05) is 49.4 Å². The first-order chi connectivity index (χ1) is 10.7. The van der Waals surface area contributed by atoms with Gasteiger partial charge in [0.05, 0.1) is 24.6 Å². The molecule has 22 heavy (non-hydrogen) atoms. The molecule has 0 spiro atoms. The van der Waals surface area contributed by atoms with Crippen LogP contribution in [0.15, 0.2) is 53.3 Å². The van der Waals surface area contributed by atoms with Crippen LogP contribution in [0.4, 0.5) is 0 Å². The second kappa shape index (κ2) is 5.89. The molecule has 112 valence electrons. The van der Waals surface area contributed by atoms with E-state index in [0.717, 1.165) is 11.3 Å². The maximum Gasteiger partial charge on any atom is 0.279 e. The fraction of sp³-hybridized carbons (Fsp3) is 0.176. The maximum atomic E-state index is 12.6. The number of nitrogens with zero attached hydrogens (tertiary/aromatic N) is 2. The molecule has 0 fully saturated rings. The van der Waals surface area contributed by atoms with E-state index in [1.54, 1.807) is 13.2 Å². The highest BCUT2D eigenvalue weighted by molar-refractivity contribution is 5.77. The van der Waals surface area contributed by atoms with E-state index in [-0.39, 0.29) is 5.56 Å². The van der Waals surface area contributed by atoms with Crippen molar-refractivity contribution in [1.82, 2.24) is 9.66 Å². The summed E-state index contributed by atoms with van der Waals surface area (Å²) >= 11 is 0. The number of hydrogen-bond donors (Lipinski definition) is 1. The molecule has 0 aliphatic heterocycles. The first kappa shape index (κ1) is 14.1. The maximum absolute atomic E-state index is 12.6. The fourth-order valence-electron chi connectivity index (χ4n) is 2.44. The standard InChI is InChI=1S/C17H17N3O2/c1-12-19-15-9-5-4-8-14(15)17(21)20(12)18-11-13-7-3-6-10-16(13)22-2/h3-10,18H,11H2,1-2H3. The van der Waals surface area contributed by atoms with Crippen LogP contribution >= 0.6 is 0 Å². The molecule has 0 atom stereocenters. The molecule has 1 aromatic heterocycles. The summed E-state index contributed by atoms with van der Waals surface area (Å²) in [7, 11) is 1.63. The van der Waals surface area contributed by atoms with Crippen LogP contribution in [0, 0.1) is 6.92 Å². The summed E-state index contributed by atoms with van der Waals surface area (Å²) < 4.78 is 6.80. The van der Waals surface area contributed by atoms with Gasteiger partial charge in [0, 0.05) is 5.56 Å². The van der Waals surface area contributed by atoms with Crippen molar-refractivity contribution >= 4 is 10.9 Å². The summed E-state index contributed by atoms with van der Waals surface area (Å²) in [5.41, 5.74) is 4.71. The number of rotatable bonds is 4. The minimum absolute atomic E-state index is 0.0991. The minimum atomic E-state index is -0.0991. The summed E-state index contributed by atoms with van der Waals surface area (Å²) in [5, 5.41) is 0.598. The third kappa shape index (κ3) is 2.53. The van der Waals surface area contributed by atoms with Gasteiger partial charge >= 0.3 is 0 Å². The number of methoxy groups -OCH3 is 1. The predicted molar refractivity (Wildman–Crippen MR) is 86.8 cm³/mol. The Morgan fingerprint density at radius 3 is 2.68 bits per heavy atom. The molecule has 5 nitrogen and oxygen atoms in total. The van der Waals surface area contributed by atoms with Gasteiger partial charge in [0.25, 0.3) is 5.56 Å². The molecule has 1 N–H and O–H groups in total. The smallest absolute Gasteiger partial charge is 0.279 e. The molecule has 3 aromatic rings. The second-order valence-electron chi connectivity index (χ2n) is 4.96. The Hall–Kier alpha value is -2.82. The Labute approximate surface area is 128 Å². The molecule has 0 amide bonds. The average molecular weight is 295 g/mol. The Balaban J connectivity index is 1.96. The van der Waals surface area contributed by atoms with Gasteiger partial charge in [-0.25, -0.2) is 9.66 Å². The highest BCUT2D eigenvalue weighted by atomic mass is 16.5. The molecule has 0 unspecified atom stereocenters. The normalized spacial score (nSPS) is 10.6. The quantitative estimate of drug-likeness (QED) is 0.803. The SMILES string of the molecule is COc1ccccc1CNn1c(C)nc2ccccc2c1=O. The van der Waals surface area contributed by atoms with Crippen LogP contribution in [-0.2, 0) is 6.54 Å². The summed E-state index contributed by atoms with van der Waals surface area (Å²) in [4.78, 5) is 17.0. The first-order valence-electron chi connectivity index (χ1n) is 7.05. The van der Waals surface area contributed by atoms with Crippen LogP contribution in [0.1, 0.15) is 11.4 Å². The van der Waals surface area contributed by atoms with Crippen molar-refractivity contribution in [3.63, 3.8) is 0 Å². The zero-order valence-electron chi connectivity index (χ0n) is 12.5. The summed E-state index contributed by atoms with van der Waals surface area (Å²) in [6.07, 6.45) is 0. The average Bonchev–Trinajstić information content (AvgIpc) is 2.55. The third-order valence-corrected chi connectivity index (χ3v) is 3.56. The lowest BCUT2D eigenvalue weighted by Gasteiger charge is -2.14. The molecule has 0 saturated carbocycles. The minimum Gasteiger partial charge on any atom is -0.496 e. The van der Waals surface area contributed by atoms with E-state index in [1.165, 1.54) is 4.68 Å². The Morgan fingerprint density at radius 1 is 1.14 bits per heavy atom. The second-order valence-corrected chi connectivity index (χ2v) is 4.96. The number of para-hydroxylation sites is 2. The van der Waals surface area contributed by atoms with Gasteiger partial charge in [0.2, 0.25) is 0 Å². The fourth-order valence-corrected chi connectivity index (χ4v) is 2.44. The summed E-state index contributed by atoms with van der Waals surface area (Å²) in [6, 6.07) is 15.0. The van der Waals surface area contributed by atoms with Gasteiger partial charge in [-0.05, 0) is 25.1 Å². The van der Waals surface area contributed by atoms with Gasteiger partial charge < -0.3 is 10.2 Å². The molecule has 1 heterocycles. The van der Waals surface area contributed by atoms with Crippen molar-refractivity contribution in [2.75, 3.05) is 12.5 Å². The van der Waals surface area contributed by atoms with E-state index >= 15 is 0 Å². The van der Waals surface area contributed by atoms with Crippen molar-refractivity contribution in [2.45, 2.75) is 13.5 Å². The van der Waals surface area contributed by atoms with E-state index in [0.29, 0.717) is 23.3 Å². The predicted octanol–water partition coefficient (Wildman–Crippen LogP) is 2.46. The lowest BCUT2D eigenvalue weighted by atomic mass is 10.2. The third-order valence-electron chi connectivity index (χ3n) is 3.56. The lowest BCUT2D eigenvalue weighted by molar-refractivity contribution is 0.409. The summed E-state index contributed by atoms with van der Waals surface area (Å²) in [6.45, 7) is 2.29. The van der Waals surface area contributed by atoms with Crippen LogP contribution in [0.3, 0.4) is 0 Å². The zero-order valence-corrected chi connectivity index (χ0v) is 12.5. The molecular weight excluding hydrogens is 278 g/mol. The molecule has 0 bridgehead atoms. The van der Waals surface area contributed by atoms with Crippen LogP contribution in [0.2, 0.25) is 0 Å². The highest BCUT2D eigenvalue weighted by Gasteiger charge is 2.08. The number of fused-ring (bicyclic) bond motifs is 1. The van der Waals surface area contributed by atoms with E-state index < -0.39 is 0 Å². The van der Waals surface area contributed by atoms with Gasteiger partial charge in [-0.2, -0.15) is 0 Å². The molecule has 0 aliphatic carbocycles. The number of aromatic nitrogens is 2. The molecular formula is C17H17N3O2. The summed E-state index contributed by atoms with van der Waals surface area (Å²) in [5.74, 6) is 1.41. The van der Waals surface area contributed by atoms with Crippen molar-refractivity contribution in [3.8, 4) is 5.75 Å². The largest absolute Gasteiger partial charge is 0.496 e. The van der Waals surface area contributed by atoms with Crippen LogP contribution in [-0.4, -0.2) is 16.8 Å². The van der Waals surface area contributed by atoms with Crippen LogP contribution in [0.25, 0.3) is 10.9 Å². The molecule has 2 aromatic carbocycles. The molecule has 0 radical (unpaired) electrons. The van der Waals surface area contributed by atoms with Crippen LogP contribution < -0.4 is 15.7 Å². The topological polar surface area (TPSA) is 56.1 Å². The number of benzene rings is 2. The van der Waals surface area contributed by atoms with Crippen LogP contribution in [0.5, 0.6) is 5.75 Å². The van der Waals surface area contributed by atoms with Gasteiger partial charge in [0.1, 0.15) is 11.6 Å². The monoisotopic (exact) mass is 295 g/mol. The van der Waals surface area contributed by atoms with Crippen molar-refractivity contribution in [2.24, 2.45) is 0 Å². The number of nitrogens with one attached hydrogen (secondary N) is 1. The van der Waals surface area contributed by atoms with Crippen molar-refractivity contribution < 1.29 is 4.74 Å². The van der Waals surface area contributed by atoms with Gasteiger partial charge in [-0.1, -0.05) is 30.3 Å². The number of ether oxygens (including phenoxy) is 1. The zero-order chi connectivity index (χ0) is 15.5. The molecule has 5 heteroatoms. The first-order valence-corrected chi connectivity index (χ1v) is 7.05. The molecule has 0 aliphatic rings. The number of hydrogen-bond acceptors (Lipinski definition) is 4. The molecule has 0 saturated heterocycles. The Kier molecular flexibility index (Phi) is 3.78. The van der Waals surface area contributed by atoms with E-state index in [9.17, 15) is 4.79 Å². The van der Waals surface area contributed by atoms with E-state index in [2.05, 4.69) is 10.4 Å². The van der Waals surface area contributed by atoms with Crippen molar-refractivity contribution in [3.05, 3.63) is 70.3 Å². The Morgan fingerprint density at radius 2 is 1.86 bits per heavy atom. The van der Waals surface area contributed by atoms with Gasteiger partial charge in [-0.15, -0.1) is 0 Å². The lowest BCUT2D eigenvalue weighted by Crippen LogP contribution is -2.31. The molecule has 3 rings (SSSR count). The van der Waals surface area contributed by atoms with Gasteiger partial charge in [0.15, 0.2) is 0 Å². The number of aryl methyl sites for hydroxylation is 1.